The van der Waals surface area contributed by atoms with Gasteiger partial charge in [0, 0.05) is 47.3 Å². The van der Waals surface area contributed by atoms with Crippen molar-refractivity contribution in [2.75, 3.05) is 18.8 Å². The Balaban J connectivity index is 1.54. The van der Waals surface area contributed by atoms with Crippen LogP contribution in [0.25, 0.3) is 0 Å². The van der Waals surface area contributed by atoms with Crippen LogP contribution in [0.3, 0.4) is 0 Å². The van der Waals surface area contributed by atoms with Gasteiger partial charge >= 0.3 is 5.97 Å². The number of aliphatic carboxylic acids is 1. The highest BCUT2D eigenvalue weighted by Gasteiger charge is 2.36. The molecule has 1 aliphatic heterocycles. The number of phenols is 2. The van der Waals surface area contributed by atoms with E-state index in [-0.39, 0.29) is 56.2 Å². The van der Waals surface area contributed by atoms with Gasteiger partial charge in [-0.2, -0.15) is 0 Å². The van der Waals surface area contributed by atoms with E-state index >= 15 is 0 Å². The number of carboxylic acids is 1. The number of unbranched alkanes of at least 4 members (excludes halogenated alkanes) is 1. The summed E-state index contributed by atoms with van der Waals surface area (Å²) in [7, 11) is 0. The zero-order valence-corrected chi connectivity index (χ0v) is 26.2. The molecular formula is C30H36N2O8S3. The molecule has 0 aromatic heterocycles. The minimum absolute atomic E-state index is 0.0513. The van der Waals surface area contributed by atoms with Crippen LogP contribution in [0.4, 0.5) is 0 Å². The number of aromatic hydroxyl groups is 2. The van der Waals surface area contributed by atoms with Gasteiger partial charge in [0.15, 0.2) is 5.12 Å². The number of hydrogen-bond acceptors (Lipinski definition) is 11. The van der Waals surface area contributed by atoms with Gasteiger partial charge in [0.25, 0.3) is 0 Å². The summed E-state index contributed by atoms with van der Waals surface area (Å²) in [4.78, 5) is 62.8. The predicted octanol–water partition coefficient (Wildman–Crippen LogP) is 4.74. The molecule has 232 valence electrons. The van der Waals surface area contributed by atoms with Crippen LogP contribution in [0, 0.1) is 0 Å². The van der Waals surface area contributed by atoms with Crippen LogP contribution in [-0.2, 0) is 14.4 Å². The molecule has 3 unspecified atom stereocenters. The largest absolute Gasteiger partial charge is 0.508 e. The molecule has 43 heavy (non-hydrogen) atoms. The molecule has 0 spiro atoms. The molecule has 0 saturated carbocycles. The number of nitrogens with one attached hydrogen (secondary N) is 1. The normalized spacial score (nSPS) is 17.0. The number of likely N-dealkylation sites (tertiary alicyclic amines) is 1. The molecule has 1 aliphatic rings. The van der Waals surface area contributed by atoms with E-state index in [9.17, 15) is 34.2 Å². The Kier molecular flexibility index (Phi) is 13.9. The lowest BCUT2D eigenvalue weighted by molar-refractivity contribution is -0.138. The molecular weight excluding hydrogens is 613 g/mol. The van der Waals surface area contributed by atoms with Crippen LogP contribution < -0.4 is 5.32 Å². The summed E-state index contributed by atoms with van der Waals surface area (Å²) in [6.45, 7) is 1.55. The third kappa shape index (κ3) is 11.9. The fraction of sp³-hybridized carbons (Fsp3) is 0.433. The number of amides is 1. The average molecular weight is 649 g/mol. The Morgan fingerprint density at radius 1 is 0.907 bits per heavy atom. The molecule has 2 aromatic carbocycles. The average Bonchev–Trinajstić information content (AvgIpc) is 3.36. The third-order valence-electron chi connectivity index (χ3n) is 6.72. The van der Waals surface area contributed by atoms with E-state index in [1.165, 1.54) is 43.0 Å². The molecule has 10 nitrogen and oxygen atoms in total. The highest BCUT2D eigenvalue weighted by Crippen LogP contribution is 2.30. The maximum absolute atomic E-state index is 13.1. The molecule has 0 bridgehead atoms. The summed E-state index contributed by atoms with van der Waals surface area (Å²) >= 11 is 3.49. The van der Waals surface area contributed by atoms with Gasteiger partial charge in [-0.3, -0.25) is 29.3 Å². The van der Waals surface area contributed by atoms with Gasteiger partial charge in [0.1, 0.15) is 11.5 Å². The highest BCUT2D eigenvalue weighted by atomic mass is 32.2. The molecule has 3 atom stereocenters. The van der Waals surface area contributed by atoms with E-state index in [1.54, 1.807) is 29.2 Å². The van der Waals surface area contributed by atoms with E-state index in [2.05, 4.69) is 5.32 Å². The summed E-state index contributed by atoms with van der Waals surface area (Å²) in [6.07, 6.45) is 2.73. The number of carbonyl (C=O) groups excluding carboxylic acids is 4. The van der Waals surface area contributed by atoms with Crippen molar-refractivity contribution in [2.45, 2.75) is 62.1 Å². The van der Waals surface area contributed by atoms with Crippen LogP contribution in [0.5, 0.6) is 11.5 Å². The maximum atomic E-state index is 13.1. The zero-order valence-electron chi connectivity index (χ0n) is 23.8. The van der Waals surface area contributed by atoms with E-state index in [4.69, 9.17) is 5.11 Å². The maximum Gasteiger partial charge on any atom is 0.317 e. The molecule has 1 fully saturated rings. The van der Waals surface area contributed by atoms with E-state index in [1.807, 2.05) is 0 Å². The molecule has 4 N–H and O–H groups in total. The lowest BCUT2D eigenvalue weighted by Crippen LogP contribution is -2.46. The lowest BCUT2D eigenvalue weighted by atomic mass is 10.1. The molecule has 1 amide bonds. The van der Waals surface area contributed by atoms with Crippen molar-refractivity contribution in [3.8, 4) is 11.5 Å². The second kappa shape index (κ2) is 17.3. The smallest absolute Gasteiger partial charge is 0.317 e. The van der Waals surface area contributed by atoms with Gasteiger partial charge in [-0.1, -0.05) is 41.7 Å². The molecule has 2 aromatic rings. The Morgan fingerprint density at radius 2 is 1.51 bits per heavy atom. The molecule has 3 rings (SSSR count). The van der Waals surface area contributed by atoms with Crippen molar-refractivity contribution in [1.82, 2.24) is 10.2 Å². The minimum atomic E-state index is -1.02. The van der Waals surface area contributed by atoms with Crippen molar-refractivity contribution >= 4 is 62.5 Å². The number of hydrogen-bond donors (Lipinski definition) is 4. The number of nitrogens with zero attached hydrogens (tertiary/aromatic N) is 1. The van der Waals surface area contributed by atoms with Crippen molar-refractivity contribution in [2.24, 2.45) is 0 Å². The van der Waals surface area contributed by atoms with Gasteiger partial charge in [-0.15, -0.1) is 0 Å². The molecule has 13 heteroatoms. The molecule has 1 saturated heterocycles. The second-order valence-electron chi connectivity index (χ2n) is 10.1. The van der Waals surface area contributed by atoms with Gasteiger partial charge in [0.05, 0.1) is 12.7 Å². The Hall–Kier alpha value is -3.00. The zero-order chi connectivity index (χ0) is 31.4. The Labute approximate surface area is 263 Å². The standard InChI is InChI=1S/C30H36N2O8S3/c1-19(33)42-25-16-26(31-17-28(37)38)32(18-25)27(36)5-3-2-4-24(43-30(40)21-8-12-23(35)13-9-21)14-15-41-29(39)20-6-10-22(34)11-7-20/h6-13,24-26,31,34-35H,2-5,14-18H2,1H3,(H,37,38). The number of carboxylic acid groups (broad SMARTS) is 1. The predicted molar refractivity (Wildman–Crippen MR) is 170 cm³/mol. The summed E-state index contributed by atoms with van der Waals surface area (Å²) in [6, 6.07) is 12.1. The fourth-order valence-corrected chi connectivity index (χ4v) is 7.74. The molecule has 0 radical (unpaired) electrons. The first-order valence-electron chi connectivity index (χ1n) is 13.9. The fourth-order valence-electron chi connectivity index (χ4n) is 4.63. The van der Waals surface area contributed by atoms with Crippen LogP contribution in [0.15, 0.2) is 48.5 Å². The van der Waals surface area contributed by atoms with Gasteiger partial charge in [-0.05, 0) is 74.2 Å². The van der Waals surface area contributed by atoms with Crippen molar-refractivity contribution < 1.29 is 39.3 Å². The highest BCUT2D eigenvalue weighted by molar-refractivity contribution is 8.15. The Bertz CT molecular complexity index is 1270. The number of rotatable bonds is 15. The van der Waals surface area contributed by atoms with Crippen LogP contribution in [0.2, 0.25) is 0 Å². The minimum Gasteiger partial charge on any atom is -0.508 e. The van der Waals surface area contributed by atoms with Gasteiger partial charge < -0.3 is 20.2 Å². The number of benzene rings is 2. The van der Waals surface area contributed by atoms with E-state index in [0.717, 1.165) is 23.5 Å². The summed E-state index contributed by atoms with van der Waals surface area (Å²) < 4.78 is 0. The van der Waals surface area contributed by atoms with Crippen molar-refractivity contribution in [3.63, 3.8) is 0 Å². The Morgan fingerprint density at radius 3 is 2.09 bits per heavy atom. The summed E-state index contributed by atoms with van der Waals surface area (Å²) in [5, 5.41) is 30.4. The van der Waals surface area contributed by atoms with Crippen LogP contribution in [0.1, 0.15) is 66.2 Å². The first-order chi connectivity index (χ1) is 20.5. The molecule has 0 aliphatic carbocycles. The number of phenolic OH excluding ortho intramolecular Hbond substituents is 2. The van der Waals surface area contributed by atoms with Crippen LogP contribution >= 0.6 is 35.3 Å². The first kappa shape index (κ1) is 34.5. The first-order valence-corrected chi connectivity index (χ1v) is 16.6. The SMILES string of the molecule is CC(=O)SC1CC(NCC(=O)O)N(C(=O)CCCCC(CCSC(=O)c2ccc(O)cc2)SC(=O)c2ccc(O)cc2)C1. The van der Waals surface area contributed by atoms with Gasteiger partial charge in [0.2, 0.25) is 16.1 Å². The summed E-state index contributed by atoms with van der Waals surface area (Å²) in [5.41, 5.74) is 0.940. The van der Waals surface area contributed by atoms with Crippen molar-refractivity contribution in [1.29, 1.82) is 0 Å². The van der Waals surface area contributed by atoms with Gasteiger partial charge in [-0.25, -0.2) is 0 Å². The monoisotopic (exact) mass is 648 g/mol. The topological polar surface area (TPSA) is 161 Å². The third-order valence-corrected chi connectivity index (χ3v) is 9.92. The second-order valence-corrected chi connectivity index (χ2v) is 13.9. The van der Waals surface area contributed by atoms with Crippen LogP contribution in [-0.4, -0.2) is 82.9 Å². The lowest BCUT2D eigenvalue weighted by Gasteiger charge is -2.25. The van der Waals surface area contributed by atoms with E-state index < -0.39 is 12.1 Å². The number of thioether (sulfide) groups is 3. The summed E-state index contributed by atoms with van der Waals surface area (Å²) in [5.74, 6) is -0.510. The van der Waals surface area contributed by atoms with Crippen molar-refractivity contribution in [3.05, 3.63) is 59.7 Å². The molecule has 1 heterocycles. The quantitative estimate of drug-likeness (QED) is 0.197. The number of carbonyl (C=O) groups is 5. The van der Waals surface area contributed by atoms with E-state index in [0.29, 0.717) is 55.5 Å².